The van der Waals surface area contributed by atoms with Crippen LogP contribution < -0.4 is 5.73 Å². The Labute approximate surface area is 114 Å². The Kier molecular flexibility index (Phi) is 5.53. The number of nitrogens with two attached hydrogens (primary N) is 1. The normalized spacial score (nSPS) is 15.9. The van der Waals surface area contributed by atoms with Gasteiger partial charge in [-0.25, -0.2) is 0 Å². The first kappa shape index (κ1) is 15.4. The fourth-order valence-electron chi connectivity index (χ4n) is 1.42. The van der Waals surface area contributed by atoms with Crippen LogP contribution in [0.5, 0.6) is 0 Å². The second-order valence-electron chi connectivity index (χ2n) is 4.09. The molecule has 1 aromatic rings. The summed E-state index contributed by atoms with van der Waals surface area (Å²) in [5, 5.41) is 8.60. The summed E-state index contributed by atoms with van der Waals surface area (Å²) in [6, 6.07) is 6.00. The maximum absolute atomic E-state index is 11.9. The van der Waals surface area contributed by atoms with Crippen LogP contribution in [0.4, 0.5) is 0 Å². The zero-order chi connectivity index (χ0) is 13.8. The highest BCUT2D eigenvalue weighted by atomic mass is 79.9. The van der Waals surface area contributed by atoms with Crippen molar-refractivity contribution >= 4 is 29.3 Å². The highest BCUT2D eigenvalue weighted by Crippen LogP contribution is 2.45. The third-order valence-corrected chi connectivity index (χ3v) is 4.79. The number of carbonyl (C=O) groups is 1. The summed E-state index contributed by atoms with van der Waals surface area (Å²) in [5.74, 6) is -1.15. The van der Waals surface area contributed by atoms with Crippen LogP contribution in [0, 0.1) is 0 Å². The van der Waals surface area contributed by atoms with E-state index in [1.54, 1.807) is 24.3 Å². The predicted octanol–water partition coefficient (Wildman–Crippen LogP) is 2.02. The molecule has 5 nitrogen and oxygen atoms in total. The molecule has 0 radical (unpaired) electrons. The molecule has 2 atom stereocenters. The van der Waals surface area contributed by atoms with E-state index in [4.69, 9.17) is 10.8 Å². The summed E-state index contributed by atoms with van der Waals surface area (Å²) in [6.07, 6.45) is -0.0528. The zero-order valence-electron chi connectivity index (χ0n) is 9.62. The predicted molar refractivity (Wildman–Crippen MR) is 72.8 cm³/mol. The maximum Gasteiger partial charge on any atom is 0.320 e. The number of rotatable bonds is 6. The Balaban J connectivity index is 2.56. The molecule has 0 amide bonds. The molecule has 0 heterocycles. The summed E-state index contributed by atoms with van der Waals surface area (Å²) < 4.78 is 12.8. The number of aliphatic carboxylic acids is 1. The molecule has 2 unspecified atom stereocenters. The lowest BCUT2D eigenvalue weighted by atomic mass is 10.2. The van der Waals surface area contributed by atoms with E-state index in [1.165, 1.54) is 0 Å². The Morgan fingerprint density at radius 3 is 2.44 bits per heavy atom. The van der Waals surface area contributed by atoms with Crippen LogP contribution in [0.25, 0.3) is 0 Å². The number of halogens is 1. The van der Waals surface area contributed by atoms with Crippen LogP contribution >= 0.6 is 23.3 Å². The molecule has 0 saturated heterocycles. The molecule has 0 aromatic heterocycles. The standard InChI is InChI=1S/C11H15BrNO4P/c12-9-3-1-8(2-4-9)7-18(16,17)6-5-10(13)11(14)15/h1-4,10H,5-7,13H2,(H,14,15)(H,16,17). The molecule has 0 aliphatic heterocycles. The van der Waals surface area contributed by atoms with Crippen molar-refractivity contribution in [3.05, 3.63) is 34.3 Å². The van der Waals surface area contributed by atoms with E-state index in [9.17, 15) is 14.3 Å². The fraction of sp³-hybridized carbons (Fsp3) is 0.364. The quantitative estimate of drug-likeness (QED) is 0.690. The van der Waals surface area contributed by atoms with Crippen LogP contribution in [0.1, 0.15) is 12.0 Å². The largest absolute Gasteiger partial charge is 0.480 e. The third-order valence-electron chi connectivity index (χ3n) is 2.45. The van der Waals surface area contributed by atoms with Gasteiger partial charge in [0.25, 0.3) is 0 Å². The first-order valence-electron chi connectivity index (χ1n) is 5.34. The van der Waals surface area contributed by atoms with Crippen LogP contribution in [-0.4, -0.2) is 28.2 Å². The first-order valence-corrected chi connectivity index (χ1v) is 8.16. The lowest BCUT2D eigenvalue weighted by molar-refractivity contribution is -0.138. The molecule has 0 aliphatic carbocycles. The number of benzene rings is 1. The van der Waals surface area contributed by atoms with Crippen molar-refractivity contribution in [1.29, 1.82) is 0 Å². The molecule has 0 saturated carbocycles. The Hall–Kier alpha value is -0.680. The van der Waals surface area contributed by atoms with Gasteiger partial charge in [-0.05, 0) is 24.1 Å². The Bertz CT molecular complexity index is 463. The van der Waals surface area contributed by atoms with Crippen molar-refractivity contribution in [3.8, 4) is 0 Å². The lowest BCUT2D eigenvalue weighted by Crippen LogP contribution is -2.30. The monoisotopic (exact) mass is 335 g/mol. The summed E-state index contributed by atoms with van der Waals surface area (Å²) in [4.78, 5) is 20.3. The molecule has 0 bridgehead atoms. The lowest BCUT2D eigenvalue weighted by Gasteiger charge is -2.13. The van der Waals surface area contributed by atoms with Crippen LogP contribution in [0.15, 0.2) is 28.7 Å². The summed E-state index contributed by atoms with van der Waals surface area (Å²) in [7, 11) is -3.38. The Morgan fingerprint density at radius 2 is 1.94 bits per heavy atom. The molecule has 1 aromatic carbocycles. The van der Waals surface area contributed by atoms with Gasteiger partial charge in [0.2, 0.25) is 7.37 Å². The van der Waals surface area contributed by atoms with Crippen molar-refractivity contribution in [2.24, 2.45) is 5.73 Å². The van der Waals surface area contributed by atoms with E-state index >= 15 is 0 Å². The van der Waals surface area contributed by atoms with E-state index in [-0.39, 0.29) is 18.7 Å². The molecular formula is C11H15BrNO4P. The minimum absolute atomic E-state index is 0.000358. The summed E-state index contributed by atoms with van der Waals surface area (Å²) in [6.45, 7) is 0. The van der Waals surface area contributed by atoms with Gasteiger partial charge in [-0.1, -0.05) is 28.1 Å². The van der Waals surface area contributed by atoms with Crippen LogP contribution in [0.3, 0.4) is 0 Å². The average Bonchev–Trinajstić information content (AvgIpc) is 2.29. The van der Waals surface area contributed by atoms with Crippen LogP contribution in [-0.2, 0) is 15.5 Å². The van der Waals surface area contributed by atoms with Gasteiger partial charge in [0.1, 0.15) is 6.04 Å². The smallest absolute Gasteiger partial charge is 0.320 e. The SMILES string of the molecule is NC(CCP(=O)(O)Cc1ccc(Br)cc1)C(=O)O. The number of hydrogen-bond acceptors (Lipinski definition) is 3. The van der Waals surface area contributed by atoms with E-state index < -0.39 is 19.4 Å². The van der Waals surface area contributed by atoms with Crippen molar-refractivity contribution in [2.45, 2.75) is 18.6 Å². The van der Waals surface area contributed by atoms with Gasteiger partial charge >= 0.3 is 5.97 Å². The molecule has 0 aliphatic rings. The van der Waals surface area contributed by atoms with Crippen molar-refractivity contribution in [2.75, 3.05) is 6.16 Å². The van der Waals surface area contributed by atoms with Gasteiger partial charge in [0.15, 0.2) is 0 Å². The van der Waals surface area contributed by atoms with Gasteiger partial charge in [-0.2, -0.15) is 0 Å². The fourth-order valence-corrected chi connectivity index (χ4v) is 3.30. The highest BCUT2D eigenvalue weighted by molar-refractivity contribution is 9.10. The number of carboxylic acid groups (broad SMARTS) is 1. The minimum Gasteiger partial charge on any atom is -0.480 e. The summed E-state index contributed by atoms with van der Waals surface area (Å²) >= 11 is 3.28. The van der Waals surface area contributed by atoms with Gasteiger partial charge in [0, 0.05) is 16.8 Å². The Morgan fingerprint density at radius 1 is 1.39 bits per heavy atom. The van der Waals surface area contributed by atoms with Gasteiger partial charge in [0.05, 0.1) is 0 Å². The molecule has 0 spiro atoms. The second kappa shape index (κ2) is 6.48. The van der Waals surface area contributed by atoms with Gasteiger partial charge in [-0.15, -0.1) is 0 Å². The number of carboxylic acids is 1. The molecule has 7 heteroatoms. The van der Waals surface area contributed by atoms with Crippen LogP contribution in [0.2, 0.25) is 0 Å². The van der Waals surface area contributed by atoms with E-state index in [0.29, 0.717) is 0 Å². The van der Waals surface area contributed by atoms with E-state index in [1.807, 2.05) is 0 Å². The zero-order valence-corrected chi connectivity index (χ0v) is 12.1. The van der Waals surface area contributed by atoms with E-state index in [2.05, 4.69) is 15.9 Å². The molecule has 1 rings (SSSR count). The summed E-state index contributed by atoms with van der Waals surface area (Å²) in [5.41, 5.74) is 6.04. The molecule has 100 valence electrons. The second-order valence-corrected chi connectivity index (χ2v) is 7.46. The van der Waals surface area contributed by atoms with Gasteiger partial charge in [-0.3, -0.25) is 9.36 Å². The molecule has 18 heavy (non-hydrogen) atoms. The maximum atomic E-state index is 11.9. The topological polar surface area (TPSA) is 101 Å². The highest BCUT2D eigenvalue weighted by Gasteiger charge is 2.22. The average molecular weight is 336 g/mol. The minimum atomic E-state index is -3.38. The molecular weight excluding hydrogens is 321 g/mol. The number of hydrogen-bond donors (Lipinski definition) is 3. The third kappa shape index (κ3) is 5.31. The van der Waals surface area contributed by atoms with Crippen molar-refractivity contribution in [3.63, 3.8) is 0 Å². The molecule has 4 N–H and O–H groups in total. The van der Waals surface area contributed by atoms with Crippen molar-refractivity contribution in [1.82, 2.24) is 0 Å². The van der Waals surface area contributed by atoms with Gasteiger partial charge < -0.3 is 15.7 Å². The van der Waals surface area contributed by atoms with Crippen molar-refractivity contribution < 1.29 is 19.4 Å². The first-order chi connectivity index (χ1) is 8.30. The van der Waals surface area contributed by atoms with E-state index in [0.717, 1.165) is 10.0 Å². The molecule has 0 fully saturated rings.